The van der Waals surface area contributed by atoms with Crippen LogP contribution in [0.3, 0.4) is 0 Å². The van der Waals surface area contributed by atoms with Crippen LogP contribution < -0.4 is 5.32 Å². The van der Waals surface area contributed by atoms with Gasteiger partial charge in [-0.05, 0) is 53.6 Å². The fourth-order valence-corrected chi connectivity index (χ4v) is 3.94. The van der Waals surface area contributed by atoms with Gasteiger partial charge in [0.05, 0.1) is 6.42 Å². The van der Waals surface area contributed by atoms with Crippen LogP contribution in [0.1, 0.15) is 25.6 Å². The third-order valence-electron chi connectivity index (χ3n) is 4.32. The maximum Gasteiger partial charge on any atom is 0.348 e. The van der Waals surface area contributed by atoms with Crippen molar-refractivity contribution in [2.24, 2.45) is 0 Å². The Morgan fingerprint density at radius 1 is 1.07 bits per heavy atom. The van der Waals surface area contributed by atoms with E-state index in [9.17, 15) is 14.4 Å². The maximum atomic E-state index is 12.3. The minimum Gasteiger partial charge on any atom is -0.453 e. The van der Waals surface area contributed by atoms with Crippen LogP contribution in [0.25, 0.3) is 10.4 Å². The van der Waals surface area contributed by atoms with Gasteiger partial charge in [0.25, 0.3) is 0 Å². The highest BCUT2D eigenvalue weighted by Crippen LogP contribution is 2.29. The van der Waals surface area contributed by atoms with Crippen molar-refractivity contribution in [3.05, 3.63) is 75.6 Å². The third kappa shape index (κ3) is 3.83. The number of thiophene rings is 1. The molecule has 3 aromatic rings. The molecule has 0 saturated heterocycles. The SMILES string of the molecule is O=C1Cc2cc(C(=O)COC(=O)c3ccc(-c4ccc(Cl)cc4)s3)ccc2N1. The molecule has 140 valence electrons. The van der Waals surface area contributed by atoms with E-state index in [0.29, 0.717) is 21.2 Å². The highest BCUT2D eigenvalue weighted by Gasteiger charge is 2.20. The largest absolute Gasteiger partial charge is 0.453 e. The first-order valence-corrected chi connectivity index (χ1v) is 9.68. The van der Waals surface area contributed by atoms with Crippen molar-refractivity contribution >= 4 is 46.3 Å². The maximum absolute atomic E-state index is 12.3. The summed E-state index contributed by atoms with van der Waals surface area (Å²) in [5.74, 6) is -0.957. The first kappa shape index (κ1) is 18.4. The van der Waals surface area contributed by atoms with Crippen LogP contribution in [0.2, 0.25) is 5.02 Å². The number of nitrogens with one attached hydrogen (secondary N) is 1. The Balaban J connectivity index is 1.39. The zero-order valence-corrected chi connectivity index (χ0v) is 16.1. The summed E-state index contributed by atoms with van der Waals surface area (Å²) in [4.78, 5) is 37.3. The smallest absolute Gasteiger partial charge is 0.348 e. The Labute approximate surface area is 169 Å². The molecule has 0 radical (unpaired) electrons. The minimum atomic E-state index is -0.545. The van der Waals surface area contributed by atoms with Crippen molar-refractivity contribution in [3.63, 3.8) is 0 Å². The van der Waals surface area contributed by atoms with Crippen molar-refractivity contribution in [2.75, 3.05) is 11.9 Å². The molecule has 1 aromatic heterocycles. The molecule has 1 aliphatic heterocycles. The molecule has 0 fully saturated rings. The summed E-state index contributed by atoms with van der Waals surface area (Å²) in [6, 6.07) is 15.8. The molecule has 7 heteroatoms. The molecule has 0 saturated carbocycles. The van der Waals surface area contributed by atoms with Crippen LogP contribution in [0.15, 0.2) is 54.6 Å². The van der Waals surface area contributed by atoms with E-state index in [4.69, 9.17) is 16.3 Å². The van der Waals surface area contributed by atoms with Crippen molar-refractivity contribution in [1.82, 2.24) is 0 Å². The van der Waals surface area contributed by atoms with Crippen LogP contribution in [0.4, 0.5) is 5.69 Å². The highest BCUT2D eigenvalue weighted by molar-refractivity contribution is 7.17. The zero-order valence-electron chi connectivity index (χ0n) is 14.5. The predicted molar refractivity (Wildman–Crippen MR) is 108 cm³/mol. The standard InChI is InChI=1S/C21H14ClNO4S/c22-15-4-1-12(2-5-15)18-7-8-19(28-18)21(26)27-11-17(24)13-3-6-16-14(9-13)10-20(25)23-16/h1-9H,10-11H2,(H,23,25). The second kappa shape index (κ2) is 7.58. The number of amides is 1. The molecule has 5 nitrogen and oxygen atoms in total. The van der Waals surface area contributed by atoms with E-state index >= 15 is 0 Å². The lowest BCUT2D eigenvalue weighted by molar-refractivity contribution is -0.115. The van der Waals surface area contributed by atoms with Crippen molar-refractivity contribution < 1.29 is 19.1 Å². The molecular formula is C21H14ClNO4S. The van der Waals surface area contributed by atoms with Crippen LogP contribution in [0, 0.1) is 0 Å². The summed E-state index contributed by atoms with van der Waals surface area (Å²) in [7, 11) is 0. The lowest BCUT2D eigenvalue weighted by Crippen LogP contribution is -2.13. The van der Waals surface area contributed by atoms with Gasteiger partial charge >= 0.3 is 5.97 Å². The Morgan fingerprint density at radius 3 is 2.64 bits per heavy atom. The van der Waals surface area contributed by atoms with E-state index in [1.54, 1.807) is 36.4 Å². The first-order chi connectivity index (χ1) is 13.5. The second-order valence-electron chi connectivity index (χ2n) is 6.27. The van der Waals surface area contributed by atoms with Gasteiger partial charge in [0.2, 0.25) is 5.91 Å². The number of carbonyl (C=O) groups is 3. The topological polar surface area (TPSA) is 72.5 Å². The van der Waals surface area contributed by atoms with E-state index in [2.05, 4.69) is 5.32 Å². The molecule has 2 heterocycles. The number of anilines is 1. The number of esters is 1. The Bertz CT molecular complexity index is 1090. The van der Waals surface area contributed by atoms with Crippen LogP contribution >= 0.6 is 22.9 Å². The average molecular weight is 412 g/mol. The average Bonchev–Trinajstić information content (AvgIpc) is 3.31. The van der Waals surface area contributed by atoms with Crippen LogP contribution in [-0.4, -0.2) is 24.3 Å². The Hall–Kier alpha value is -2.96. The lowest BCUT2D eigenvalue weighted by atomic mass is 10.1. The van der Waals surface area contributed by atoms with Crippen molar-refractivity contribution in [3.8, 4) is 10.4 Å². The first-order valence-electron chi connectivity index (χ1n) is 8.48. The summed E-state index contributed by atoms with van der Waals surface area (Å²) in [5.41, 5.74) is 2.85. The number of rotatable bonds is 5. The van der Waals surface area contributed by atoms with E-state index in [1.807, 2.05) is 18.2 Å². The number of halogens is 1. The number of benzene rings is 2. The van der Waals surface area contributed by atoms with Gasteiger partial charge in [-0.1, -0.05) is 23.7 Å². The Morgan fingerprint density at radius 2 is 1.86 bits per heavy atom. The normalized spacial score (nSPS) is 12.4. The summed E-state index contributed by atoms with van der Waals surface area (Å²) in [6.45, 7) is -0.354. The molecule has 0 aliphatic carbocycles. The van der Waals surface area contributed by atoms with E-state index in [-0.39, 0.29) is 24.7 Å². The van der Waals surface area contributed by atoms with Gasteiger partial charge in [0, 0.05) is 21.2 Å². The molecule has 0 unspecified atom stereocenters. The molecule has 1 amide bonds. The van der Waals surface area contributed by atoms with Gasteiger partial charge in [-0.3, -0.25) is 9.59 Å². The molecule has 0 bridgehead atoms. The van der Waals surface area contributed by atoms with E-state index in [0.717, 1.165) is 16.0 Å². The second-order valence-corrected chi connectivity index (χ2v) is 7.79. The lowest BCUT2D eigenvalue weighted by Gasteiger charge is -2.05. The van der Waals surface area contributed by atoms with Gasteiger partial charge in [-0.2, -0.15) is 0 Å². The number of hydrogen-bond donors (Lipinski definition) is 1. The highest BCUT2D eigenvalue weighted by atomic mass is 35.5. The minimum absolute atomic E-state index is 0.0970. The summed E-state index contributed by atoms with van der Waals surface area (Å²) in [5, 5.41) is 3.36. The Kier molecular flexibility index (Phi) is 4.98. The van der Waals surface area contributed by atoms with Gasteiger partial charge < -0.3 is 10.1 Å². The number of carbonyl (C=O) groups excluding carboxylic acids is 3. The monoisotopic (exact) mass is 411 g/mol. The van der Waals surface area contributed by atoms with E-state index < -0.39 is 5.97 Å². The van der Waals surface area contributed by atoms with Crippen molar-refractivity contribution in [1.29, 1.82) is 0 Å². The molecular weight excluding hydrogens is 398 g/mol. The quantitative estimate of drug-likeness (QED) is 0.491. The summed E-state index contributed by atoms with van der Waals surface area (Å²) >= 11 is 7.18. The van der Waals surface area contributed by atoms with E-state index in [1.165, 1.54) is 11.3 Å². The molecule has 1 N–H and O–H groups in total. The van der Waals surface area contributed by atoms with Gasteiger partial charge in [0.15, 0.2) is 12.4 Å². The number of hydrogen-bond acceptors (Lipinski definition) is 5. The fourth-order valence-electron chi connectivity index (χ4n) is 2.91. The number of ether oxygens (including phenoxy) is 1. The molecule has 0 atom stereocenters. The molecule has 4 rings (SSSR count). The molecule has 2 aromatic carbocycles. The fraction of sp³-hybridized carbons (Fsp3) is 0.0952. The summed E-state index contributed by atoms with van der Waals surface area (Å²) in [6.07, 6.45) is 0.249. The molecule has 1 aliphatic rings. The van der Waals surface area contributed by atoms with Crippen molar-refractivity contribution in [2.45, 2.75) is 6.42 Å². The van der Waals surface area contributed by atoms with Crippen LogP contribution in [-0.2, 0) is 16.0 Å². The number of ketones is 1. The molecule has 28 heavy (non-hydrogen) atoms. The number of fused-ring (bicyclic) bond motifs is 1. The van der Waals surface area contributed by atoms with Gasteiger partial charge in [-0.15, -0.1) is 11.3 Å². The predicted octanol–water partition coefficient (Wildman–Crippen LogP) is 4.60. The zero-order chi connectivity index (χ0) is 19.7. The third-order valence-corrected chi connectivity index (χ3v) is 5.69. The summed E-state index contributed by atoms with van der Waals surface area (Å²) < 4.78 is 5.17. The number of Topliss-reactive ketones (excluding diaryl/α,β-unsaturated/α-hetero) is 1. The van der Waals surface area contributed by atoms with Crippen LogP contribution in [0.5, 0.6) is 0 Å². The van der Waals surface area contributed by atoms with Gasteiger partial charge in [0.1, 0.15) is 4.88 Å². The molecule has 0 spiro atoms. The van der Waals surface area contributed by atoms with Gasteiger partial charge in [-0.25, -0.2) is 4.79 Å².